The summed E-state index contributed by atoms with van der Waals surface area (Å²) in [7, 11) is 1.06. The van der Waals surface area contributed by atoms with Gasteiger partial charge in [0.1, 0.15) is 24.4 Å². The Morgan fingerprint density at radius 1 is 1.05 bits per heavy atom. The Morgan fingerprint density at radius 2 is 1.77 bits per heavy atom. The maximum absolute atomic E-state index is 12.7. The number of phenolic OH excluding ortho intramolecular Hbond substituents is 2. The number of phenols is 2. The van der Waals surface area contributed by atoms with E-state index in [1.165, 1.54) is 18.2 Å². The van der Waals surface area contributed by atoms with Crippen molar-refractivity contribution in [3.63, 3.8) is 0 Å². The van der Waals surface area contributed by atoms with Crippen LogP contribution in [-0.2, 0) is 44.5 Å². The average molecular weight is 571 g/mol. The third-order valence-electron chi connectivity index (χ3n) is 6.25. The largest absolute Gasteiger partial charge is 0.504 e. The van der Waals surface area contributed by atoms with E-state index >= 15 is 0 Å². The molecule has 40 heavy (non-hydrogen) atoms. The van der Waals surface area contributed by atoms with Crippen molar-refractivity contribution in [2.75, 3.05) is 20.3 Å². The van der Waals surface area contributed by atoms with E-state index in [2.05, 4.69) is 0 Å². The van der Waals surface area contributed by atoms with Gasteiger partial charge in [0, 0.05) is 24.0 Å². The molecular formula is C25H30O15. The van der Waals surface area contributed by atoms with Gasteiger partial charge in [-0.1, -0.05) is 6.07 Å². The average Bonchev–Trinajstić information content (AvgIpc) is 2.92. The van der Waals surface area contributed by atoms with E-state index in [0.29, 0.717) is 11.6 Å². The second kappa shape index (κ2) is 13.6. The number of ether oxygens (including phenoxy) is 5. The molecule has 0 saturated carbocycles. The molecule has 1 saturated heterocycles. The smallest absolute Gasteiger partial charge is 0.337 e. The van der Waals surface area contributed by atoms with Crippen LogP contribution in [0.1, 0.15) is 12.0 Å². The van der Waals surface area contributed by atoms with Crippen molar-refractivity contribution >= 4 is 17.9 Å². The molecule has 2 heterocycles. The zero-order valence-corrected chi connectivity index (χ0v) is 21.2. The number of aliphatic hydroxyl groups is 4. The quantitative estimate of drug-likeness (QED) is 0.0955. The molecular weight excluding hydrogens is 540 g/mol. The standard InChI is InChI=1S/C25H30O15/c1-36-23(35)14-10-38-24(40-25-22(34)21(33)20(32)17(9-26)39-25)13(7-18(29)30)12(14)8-19(31)37-5-4-11-2-3-15(27)16(28)6-11/h2-3,6-7,10,12,17,20-22,24-28,32-34H,4-5,8-9H2,1H3,(H,29,30)/b13-7+. The lowest BCUT2D eigenvalue weighted by molar-refractivity contribution is -0.327. The van der Waals surface area contributed by atoms with Gasteiger partial charge in [0.05, 0.1) is 38.6 Å². The fourth-order valence-corrected chi connectivity index (χ4v) is 4.13. The van der Waals surface area contributed by atoms with E-state index in [0.717, 1.165) is 13.4 Å². The minimum atomic E-state index is -1.85. The van der Waals surface area contributed by atoms with Crippen molar-refractivity contribution < 1.29 is 73.8 Å². The molecule has 1 aromatic carbocycles. The second-order valence-corrected chi connectivity index (χ2v) is 8.90. The number of hydrogen-bond acceptors (Lipinski definition) is 14. The van der Waals surface area contributed by atoms with E-state index in [4.69, 9.17) is 23.7 Å². The Hall–Kier alpha value is -3.73. The van der Waals surface area contributed by atoms with Crippen LogP contribution in [0, 0.1) is 5.92 Å². The Balaban J connectivity index is 1.80. The fraction of sp³-hybridized carbons (Fsp3) is 0.480. The molecule has 1 fully saturated rings. The number of esters is 2. The Bertz CT molecular complexity index is 1140. The zero-order chi connectivity index (χ0) is 29.6. The molecule has 0 radical (unpaired) electrons. The summed E-state index contributed by atoms with van der Waals surface area (Å²) < 4.78 is 26.1. The number of benzene rings is 1. The molecule has 0 amide bonds. The summed E-state index contributed by atoms with van der Waals surface area (Å²) in [4.78, 5) is 36.8. The van der Waals surface area contributed by atoms with Crippen LogP contribution in [0.15, 0.2) is 41.7 Å². The topological polar surface area (TPSA) is 239 Å². The zero-order valence-electron chi connectivity index (χ0n) is 21.2. The minimum absolute atomic E-state index is 0.160. The van der Waals surface area contributed by atoms with Crippen molar-refractivity contribution in [2.45, 2.75) is 49.8 Å². The summed E-state index contributed by atoms with van der Waals surface area (Å²) in [5.74, 6) is -5.27. The van der Waals surface area contributed by atoms with Gasteiger partial charge >= 0.3 is 17.9 Å². The van der Waals surface area contributed by atoms with Crippen molar-refractivity contribution in [3.05, 3.63) is 47.2 Å². The fourth-order valence-electron chi connectivity index (χ4n) is 4.13. The van der Waals surface area contributed by atoms with Crippen LogP contribution >= 0.6 is 0 Å². The van der Waals surface area contributed by atoms with E-state index in [1.807, 2.05) is 0 Å². The molecule has 220 valence electrons. The third-order valence-corrected chi connectivity index (χ3v) is 6.25. The van der Waals surface area contributed by atoms with Gasteiger partial charge in [-0.25, -0.2) is 9.59 Å². The number of aliphatic carboxylic acids is 1. The molecule has 15 nitrogen and oxygen atoms in total. The highest BCUT2D eigenvalue weighted by molar-refractivity contribution is 5.91. The predicted molar refractivity (Wildman–Crippen MR) is 128 cm³/mol. The summed E-state index contributed by atoms with van der Waals surface area (Å²) in [5.41, 5.74) is 0.0283. The first-order valence-electron chi connectivity index (χ1n) is 12.0. The molecule has 3 rings (SSSR count). The lowest BCUT2D eigenvalue weighted by Gasteiger charge is -2.41. The van der Waals surface area contributed by atoms with E-state index < -0.39 is 73.8 Å². The number of carboxylic acids is 1. The monoisotopic (exact) mass is 570 g/mol. The van der Waals surface area contributed by atoms with Gasteiger partial charge in [0.25, 0.3) is 0 Å². The molecule has 7 atom stereocenters. The van der Waals surface area contributed by atoms with Gasteiger partial charge in [-0.3, -0.25) is 4.79 Å². The second-order valence-electron chi connectivity index (χ2n) is 8.90. The number of aliphatic hydroxyl groups excluding tert-OH is 4. The molecule has 0 bridgehead atoms. The molecule has 1 aromatic rings. The van der Waals surface area contributed by atoms with Crippen molar-refractivity contribution in [1.82, 2.24) is 0 Å². The number of carbonyl (C=O) groups is 3. The first kappa shape index (κ1) is 30.8. The number of hydrogen-bond donors (Lipinski definition) is 7. The van der Waals surface area contributed by atoms with Crippen molar-refractivity contribution in [3.8, 4) is 11.5 Å². The van der Waals surface area contributed by atoms with Gasteiger partial charge in [-0.05, 0) is 17.7 Å². The van der Waals surface area contributed by atoms with Crippen LogP contribution in [0.5, 0.6) is 11.5 Å². The maximum Gasteiger partial charge on any atom is 0.337 e. The molecule has 2 aliphatic heterocycles. The molecule has 7 N–H and O–H groups in total. The van der Waals surface area contributed by atoms with Crippen LogP contribution in [0.4, 0.5) is 0 Å². The normalized spacial score (nSPS) is 29.3. The maximum atomic E-state index is 12.7. The number of rotatable bonds is 10. The number of carboxylic acid groups (broad SMARTS) is 1. The van der Waals surface area contributed by atoms with Crippen molar-refractivity contribution in [1.29, 1.82) is 0 Å². The number of carbonyl (C=O) groups excluding carboxylic acids is 2. The highest BCUT2D eigenvalue weighted by Gasteiger charge is 2.47. The first-order chi connectivity index (χ1) is 19.0. The molecule has 2 aliphatic rings. The molecule has 7 unspecified atom stereocenters. The van der Waals surface area contributed by atoms with Crippen molar-refractivity contribution in [2.24, 2.45) is 5.92 Å². The van der Waals surface area contributed by atoms with Crippen LogP contribution in [0.3, 0.4) is 0 Å². The van der Waals surface area contributed by atoms with E-state index in [-0.39, 0.29) is 35.7 Å². The van der Waals surface area contributed by atoms with Gasteiger partial charge < -0.3 is 59.4 Å². The third kappa shape index (κ3) is 7.26. The lowest BCUT2D eigenvalue weighted by Crippen LogP contribution is -2.60. The lowest BCUT2D eigenvalue weighted by atomic mass is 9.86. The van der Waals surface area contributed by atoms with Gasteiger partial charge in [0.15, 0.2) is 17.8 Å². The summed E-state index contributed by atoms with van der Waals surface area (Å²) in [6.07, 6.45) is -8.94. The SMILES string of the molecule is COC(=O)C1=COC(OC2OC(CO)C(O)C(O)C2O)/C(=C/C(=O)O)C1CC(=O)OCCc1ccc(O)c(O)c1. The number of methoxy groups -OCH3 is 1. The molecule has 0 aromatic heterocycles. The minimum Gasteiger partial charge on any atom is -0.504 e. The first-order valence-corrected chi connectivity index (χ1v) is 12.0. The summed E-state index contributed by atoms with van der Waals surface area (Å²) in [5, 5.41) is 68.2. The summed E-state index contributed by atoms with van der Waals surface area (Å²) in [6, 6.07) is 4.06. The molecule has 0 spiro atoms. The van der Waals surface area contributed by atoms with Gasteiger partial charge in [-0.2, -0.15) is 0 Å². The van der Waals surface area contributed by atoms with E-state index in [1.54, 1.807) is 0 Å². The Morgan fingerprint density at radius 3 is 2.40 bits per heavy atom. The predicted octanol–water partition coefficient (Wildman–Crippen LogP) is -1.57. The highest BCUT2D eigenvalue weighted by Crippen LogP contribution is 2.36. The number of aromatic hydroxyl groups is 2. The van der Waals surface area contributed by atoms with Crippen LogP contribution in [0.2, 0.25) is 0 Å². The van der Waals surface area contributed by atoms with Gasteiger partial charge in [-0.15, -0.1) is 0 Å². The highest BCUT2D eigenvalue weighted by atomic mass is 16.8. The van der Waals surface area contributed by atoms with Gasteiger partial charge in [0.2, 0.25) is 6.29 Å². The summed E-state index contributed by atoms with van der Waals surface area (Å²) >= 11 is 0. The van der Waals surface area contributed by atoms with E-state index in [9.17, 15) is 50.1 Å². The van der Waals surface area contributed by atoms with Crippen LogP contribution in [0.25, 0.3) is 0 Å². The Labute approximate surface area is 227 Å². The summed E-state index contributed by atoms with van der Waals surface area (Å²) in [6.45, 7) is -0.912. The molecule has 15 heteroatoms. The molecule has 0 aliphatic carbocycles. The van der Waals surface area contributed by atoms with Crippen LogP contribution in [-0.4, -0.2) is 111 Å². The Kier molecular flexibility index (Phi) is 10.4. The van der Waals surface area contributed by atoms with Crippen LogP contribution < -0.4 is 0 Å².